The molecule has 1 aromatic heterocycles. The van der Waals surface area contributed by atoms with Gasteiger partial charge >= 0.3 is 0 Å². The standard InChI is InChI=1S/C8H14N4O/c9-8-7(5-10-11-8)12-3-1-6(13)2-4-12/h5-6,13H,1-4H2,(H3,9,10,11). The van der Waals surface area contributed by atoms with Gasteiger partial charge in [-0.05, 0) is 12.8 Å². The summed E-state index contributed by atoms with van der Waals surface area (Å²) in [6.45, 7) is 1.70. The summed E-state index contributed by atoms with van der Waals surface area (Å²) in [7, 11) is 0. The van der Waals surface area contributed by atoms with Gasteiger partial charge in [-0.1, -0.05) is 0 Å². The first-order valence-electron chi connectivity index (χ1n) is 4.49. The number of piperidine rings is 1. The first-order valence-corrected chi connectivity index (χ1v) is 4.49. The third-order valence-corrected chi connectivity index (χ3v) is 2.45. The second-order valence-corrected chi connectivity index (χ2v) is 3.39. The first-order chi connectivity index (χ1) is 6.27. The number of rotatable bonds is 1. The highest BCUT2D eigenvalue weighted by Crippen LogP contribution is 2.23. The van der Waals surface area contributed by atoms with Crippen molar-refractivity contribution >= 4 is 11.5 Å². The predicted octanol–water partition coefficient (Wildman–Crippen LogP) is -0.0470. The van der Waals surface area contributed by atoms with E-state index < -0.39 is 0 Å². The van der Waals surface area contributed by atoms with Gasteiger partial charge in [0.05, 0.1) is 18.0 Å². The van der Waals surface area contributed by atoms with Gasteiger partial charge in [-0.3, -0.25) is 5.10 Å². The molecule has 2 heterocycles. The molecule has 1 saturated heterocycles. The lowest BCUT2D eigenvalue weighted by Gasteiger charge is -2.30. The highest BCUT2D eigenvalue weighted by Gasteiger charge is 2.19. The number of nitrogens with one attached hydrogen (secondary N) is 1. The minimum Gasteiger partial charge on any atom is -0.393 e. The molecule has 0 unspecified atom stereocenters. The van der Waals surface area contributed by atoms with E-state index in [-0.39, 0.29) is 6.10 Å². The quantitative estimate of drug-likeness (QED) is 0.569. The van der Waals surface area contributed by atoms with Crippen LogP contribution in [0.15, 0.2) is 6.20 Å². The zero-order valence-electron chi connectivity index (χ0n) is 7.40. The summed E-state index contributed by atoms with van der Waals surface area (Å²) in [5.74, 6) is 0.608. The average molecular weight is 182 g/mol. The van der Waals surface area contributed by atoms with E-state index in [0.29, 0.717) is 5.82 Å². The van der Waals surface area contributed by atoms with E-state index in [1.807, 2.05) is 0 Å². The molecule has 0 aromatic carbocycles. The minimum absolute atomic E-state index is 0.149. The number of H-pyrrole nitrogens is 1. The van der Waals surface area contributed by atoms with Crippen molar-refractivity contribution in [1.82, 2.24) is 10.2 Å². The number of nitrogens with two attached hydrogens (primary N) is 1. The van der Waals surface area contributed by atoms with Gasteiger partial charge in [0.15, 0.2) is 0 Å². The summed E-state index contributed by atoms with van der Waals surface area (Å²) in [4.78, 5) is 2.14. The molecule has 1 aromatic rings. The van der Waals surface area contributed by atoms with Crippen LogP contribution in [0.25, 0.3) is 0 Å². The van der Waals surface area contributed by atoms with Crippen molar-refractivity contribution in [2.24, 2.45) is 0 Å². The fourth-order valence-electron chi connectivity index (χ4n) is 1.65. The van der Waals surface area contributed by atoms with Crippen LogP contribution < -0.4 is 10.6 Å². The molecule has 5 heteroatoms. The Morgan fingerprint density at radius 1 is 1.54 bits per heavy atom. The van der Waals surface area contributed by atoms with E-state index in [4.69, 9.17) is 5.73 Å². The number of aromatic amines is 1. The summed E-state index contributed by atoms with van der Waals surface area (Å²) in [6, 6.07) is 0. The monoisotopic (exact) mass is 182 g/mol. The molecular formula is C8H14N4O. The Bertz CT molecular complexity index is 277. The number of nitrogen functional groups attached to an aromatic ring is 1. The van der Waals surface area contributed by atoms with E-state index in [0.717, 1.165) is 31.6 Å². The molecule has 0 atom stereocenters. The molecule has 0 aliphatic carbocycles. The van der Waals surface area contributed by atoms with Crippen molar-refractivity contribution in [2.75, 3.05) is 23.7 Å². The third kappa shape index (κ3) is 1.60. The van der Waals surface area contributed by atoms with Crippen molar-refractivity contribution in [3.05, 3.63) is 6.20 Å². The second kappa shape index (κ2) is 3.26. The van der Waals surface area contributed by atoms with Gasteiger partial charge in [-0.15, -0.1) is 0 Å². The van der Waals surface area contributed by atoms with Crippen LogP contribution in [0.1, 0.15) is 12.8 Å². The molecule has 0 spiro atoms. The number of anilines is 2. The Morgan fingerprint density at radius 2 is 2.23 bits per heavy atom. The van der Waals surface area contributed by atoms with Gasteiger partial charge in [0, 0.05) is 13.1 Å². The van der Waals surface area contributed by atoms with Gasteiger partial charge in [0.1, 0.15) is 5.82 Å². The van der Waals surface area contributed by atoms with Crippen LogP contribution in [0.2, 0.25) is 0 Å². The molecule has 72 valence electrons. The maximum Gasteiger partial charge on any atom is 0.142 e. The van der Waals surface area contributed by atoms with Crippen LogP contribution >= 0.6 is 0 Å². The lowest BCUT2D eigenvalue weighted by Crippen LogP contribution is -2.35. The van der Waals surface area contributed by atoms with E-state index in [1.165, 1.54) is 0 Å². The molecule has 5 nitrogen and oxygen atoms in total. The number of aromatic nitrogens is 2. The lowest BCUT2D eigenvalue weighted by molar-refractivity contribution is 0.145. The third-order valence-electron chi connectivity index (χ3n) is 2.45. The van der Waals surface area contributed by atoms with Crippen molar-refractivity contribution in [1.29, 1.82) is 0 Å². The summed E-state index contributed by atoms with van der Waals surface area (Å²) in [6.07, 6.45) is 3.20. The zero-order valence-corrected chi connectivity index (χ0v) is 7.40. The van der Waals surface area contributed by atoms with E-state index >= 15 is 0 Å². The van der Waals surface area contributed by atoms with E-state index in [9.17, 15) is 5.11 Å². The molecule has 4 N–H and O–H groups in total. The smallest absolute Gasteiger partial charge is 0.142 e. The highest BCUT2D eigenvalue weighted by atomic mass is 16.3. The fourth-order valence-corrected chi connectivity index (χ4v) is 1.65. The Hall–Kier alpha value is -1.23. The molecule has 0 saturated carbocycles. The Morgan fingerprint density at radius 3 is 2.77 bits per heavy atom. The molecule has 0 bridgehead atoms. The topological polar surface area (TPSA) is 78.2 Å². The van der Waals surface area contributed by atoms with Crippen LogP contribution in [-0.2, 0) is 0 Å². The van der Waals surface area contributed by atoms with Crippen LogP contribution in [0.4, 0.5) is 11.5 Å². The second-order valence-electron chi connectivity index (χ2n) is 3.39. The van der Waals surface area contributed by atoms with E-state index in [1.54, 1.807) is 6.20 Å². The zero-order chi connectivity index (χ0) is 9.26. The number of hydrogen-bond acceptors (Lipinski definition) is 4. The number of nitrogens with zero attached hydrogens (tertiary/aromatic N) is 2. The summed E-state index contributed by atoms with van der Waals surface area (Å²) < 4.78 is 0. The van der Waals surface area contributed by atoms with Crippen LogP contribution in [0.5, 0.6) is 0 Å². The summed E-state index contributed by atoms with van der Waals surface area (Å²) in [5, 5.41) is 15.9. The molecule has 13 heavy (non-hydrogen) atoms. The van der Waals surface area contributed by atoms with Gasteiger partial charge in [0.25, 0.3) is 0 Å². The Kier molecular flexibility index (Phi) is 2.10. The van der Waals surface area contributed by atoms with Crippen molar-refractivity contribution in [3.63, 3.8) is 0 Å². The molecule has 2 rings (SSSR count). The minimum atomic E-state index is -0.149. The normalized spacial score (nSPS) is 19.3. The lowest BCUT2D eigenvalue weighted by atomic mass is 10.1. The molecule has 1 aliphatic heterocycles. The molecule has 0 amide bonds. The molecule has 1 fully saturated rings. The largest absolute Gasteiger partial charge is 0.393 e. The summed E-state index contributed by atoms with van der Waals surface area (Å²) >= 11 is 0. The fraction of sp³-hybridized carbons (Fsp3) is 0.625. The highest BCUT2D eigenvalue weighted by molar-refractivity contribution is 5.62. The van der Waals surface area contributed by atoms with Gasteiger partial charge in [0.2, 0.25) is 0 Å². The maximum absolute atomic E-state index is 9.31. The van der Waals surface area contributed by atoms with Gasteiger partial charge < -0.3 is 15.7 Å². The van der Waals surface area contributed by atoms with Crippen molar-refractivity contribution in [2.45, 2.75) is 18.9 Å². The molecule has 1 aliphatic rings. The number of hydrogen-bond donors (Lipinski definition) is 3. The van der Waals surface area contributed by atoms with Crippen LogP contribution in [-0.4, -0.2) is 34.5 Å². The predicted molar refractivity (Wildman–Crippen MR) is 50.5 cm³/mol. The Labute approximate surface area is 76.5 Å². The van der Waals surface area contributed by atoms with E-state index in [2.05, 4.69) is 15.1 Å². The van der Waals surface area contributed by atoms with Crippen molar-refractivity contribution in [3.8, 4) is 0 Å². The number of aliphatic hydroxyl groups excluding tert-OH is 1. The number of aliphatic hydroxyl groups is 1. The van der Waals surface area contributed by atoms with Crippen LogP contribution in [0, 0.1) is 0 Å². The molecule has 0 radical (unpaired) electrons. The van der Waals surface area contributed by atoms with Crippen molar-refractivity contribution < 1.29 is 5.11 Å². The maximum atomic E-state index is 9.31. The average Bonchev–Trinajstić information content (AvgIpc) is 2.53. The van der Waals surface area contributed by atoms with Gasteiger partial charge in [-0.2, -0.15) is 5.10 Å². The summed E-state index contributed by atoms with van der Waals surface area (Å²) in [5.41, 5.74) is 6.63. The van der Waals surface area contributed by atoms with Crippen LogP contribution in [0.3, 0.4) is 0 Å². The Balaban J connectivity index is 2.06. The first kappa shape index (κ1) is 8.37. The molecular weight excluding hydrogens is 168 g/mol. The van der Waals surface area contributed by atoms with Gasteiger partial charge in [-0.25, -0.2) is 0 Å². The SMILES string of the molecule is Nc1[nH]ncc1N1CCC(O)CC1.